The summed E-state index contributed by atoms with van der Waals surface area (Å²) >= 11 is 0. The lowest BCUT2D eigenvalue weighted by atomic mass is 10.0. The van der Waals surface area contributed by atoms with Crippen molar-refractivity contribution in [1.82, 2.24) is 0 Å². The van der Waals surface area contributed by atoms with Crippen molar-refractivity contribution in [2.75, 3.05) is 7.11 Å². The molecular weight excluding hydrogens is 229 g/mol. The Hall–Kier alpha value is -1.82. The average Bonchev–Trinajstić information content (AvgIpc) is 2.23. The number of phenols is 1. The SMILES string of the molecule is COc1c(C)cc(C(N)CC(=O)O)c(F)c1O. The molecule has 0 aliphatic rings. The van der Waals surface area contributed by atoms with E-state index in [1.807, 2.05) is 0 Å². The number of aryl methyl sites for hydroxylation is 1. The molecule has 1 unspecified atom stereocenters. The Balaban J connectivity index is 3.22. The lowest BCUT2D eigenvalue weighted by Gasteiger charge is -2.15. The largest absolute Gasteiger partial charge is 0.502 e. The molecular formula is C11H14FNO4. The lowest BCUT2D eigenvalue weighted by Crippen LogP contribution is -2.17. The number of carboxylic acid groups (broad SMARTS) is 1. The van der Waals surface area contributed by atoms with Crippen molar-refractivity contribution in [2.45, 2.75) is 19.4 Å². The molecule has 5 nitrogen and oxygen atoms in total. The third-order valence-corrected chi connectivity index (χ3v) is 2.40. The van der Waals surface area contributed by atoms with E-state index < -0.39 is 30.0 Å². The molecule has 1 rings (SSSR count). The van der Waals surface area contributed by atoms with Crippen LogP contribution in [0.2, 0.25) is 0 Å². The third kappa shape index (κ3) is 2.65. The predicted octanol–water partition coefficient (Wildman–Crippen LogP) is 1.32. The highest BCUT2D eigenvalue weighted by molar-refractivity contribution is 5.68. The van der Waals surface area contributed by atoms with Crippen molar-refractivity contribution >= 4 is 5.97 Å². The number of methoxy groups -OCH3 is 1. The highest BCUT2D eigenvalue weighted by Gasteiger charge is 2.21. The topological polar surface area (TPSA) is 92.8 Å². The fraction of sp³-hybridized carbons (Fsp3) is 0.364. The quantitative estimate of drug-likeness (QED) is 0.741. The highest BCUT2D eigenvalue weighted by atomic mass is 19.1. The summed E-state index contributed by atoms with van der Waals surface area (Å²) in [4.78, 5) is 10.5. The predicted molar refractivity (Wildman–Crippen MR) is 58.5 cm³/mol. The average molecular weight is 243 g/mol. The van der Waals surface area contributed by atoms with Gasteiger partial charge in [0.1, 0.15) is 0 Å². The van der Waals surface area contributed by atoms with Crippen LogP contribution in [0.5, 0.6) is 11.5 Å². The first-order valence-electron chi connectivity index (χ1n) is 4.91. The first-order valence-corrected chi connectivity index (χ1v) is 4.91. The zero-order valence-corrected chi connectivity index (χ0v) is 9.53. The fourth-order valence-electron chi connectivity index (χ4n) is 1.61. The van der Waals surface area contributed by atoms with Gasteiger partial charge in [-0.2, -0.15) is 0 Å². The maximum atomic E-state index is 13.7. The van der Waals surface area contributed by atoms with Gasteiger partial charge in [0.05, 0.1) is 13.5 Å². The van der Waals surface area contributed by atoms with Crippen LogP contribution in [0.25, 0.3) is 0 Å². The van der Waals surface area contributed by atoms with Gasteiger partial charge in [0.25, 0.3) is 0 Å². The number of carbonyl (C=O) groups is 1. The van der Waals surface area contributed by atoms with Crippen molar-refractivity contribution < 1.29 is 24.1 Å². The second kappa shape index (κ2) is 5.01. The Labute approximate surface area is 97.6 Å². The van der Waals surface area contributed by atoms with Crippen LogP contribution in [0, 0.1) is 12.7 Å². The van der Waals surface area contributed by atoms with E-state index in [4.69, 9.17) is 15.6 Å². The van der Waals surface area contributed by atoms with Crippen molar-refractivity contribution in [3.8, 4) is 11.5 Å². The van der Waals surface area contributed by atoms with Crippen molar-refractivity contribution in [3.63, 3.8) is 0 Å². The Morgan fingerprint density at radius 3 is 2.71 bits per heavy atom. The molecule has 0 aliphatic carbocycles. The molecule has 0 spiro atoms. The minimum atomic E-state index is -1.13. The normalized spacial score (nSPS) is 12.2. The molecule has 0 amide bonds. The van der Waals surface area contributed by atoms with Gasteiger partial charge in [-0.25, -0.2) is 4.39 Å². The van der Waals surface area contributed by atoms with E-state index in [0.29, 0.717) is 5.56 Å². The van der Waals surface area contributed by atoms with E-state index in [0.717, 1.165) is 0 Å². The van der Waals surface area contributed by atoms with E-state index in [1.165, 1.54) is 13.2 Å². The van der Waals surface area contributed by atoms with Gasteiger partial charge >= 0.3 is 5.97 Å². The maximum Gasteiger partial charge on any atom is 0.305 e. The Kier molecular flexibility index (Phi) is 3.90. The standard InChI is InChI=1S/C11H14FNO4/c1-5-3-6(7(13)4-8(14)15)9(12)10(16)11(5)17-2/h3,7,16H,4,13H2,1-2H3,(H,14,15). The minimum Gasteiger partial charge on any atom is -0.502 e. The van der Waals surface area contributed by atoms with Gasteiger partial charge in [-0.1, -0.05) is 0 Å². The number of hydrogen-bond donors (Lipinski definition) is 3. The molecule has 0 bridgehead atoms. The summed E-state index contributed by atoms with van der Waals surface area (Å²) < 4.78 is 18.6. The van der Waals surface area contributed by atoms with Gasteiger partial charge in [-0.15, -0.1) is 0 Å². The molecule has 0 heterocycles. The number of hydrogen-bond acceptors (Lipinski definition) is 4. The van der Waals surface area contributed by atoms with Crippen molar-refractivity contribution in [1.29, 1.82) is 0 Å². The smallest absolute Gasteiger partial charge is 0.305 e. The zero-order chi connectivity index (χ0) is 13.2. The summed E-state index contributed by atoms with van der Waals surface area (Å²) in [7, 11) is 1.30. The van der Waals surface area contributed by atoms with Gasteiger partial charge in [-0.05, 0) is 18.6 Å². The molecule has 0 saturated heterocycles. The minimum absolute atomic E-state index is 0.0220. The van der Waals surface area contributed by atoms with Crippen LogP contribution in [0.1, 0.15) is 23.6 Å². The fourth-order valence-corrected chi connectivity index (χ4v) is 1.61. The first kappa shape index (κ1) is 13.2. The van der Waals surface area contributed by atoms with Crippen LogP contribution < -0.4 is 10.5 Å². The summed E-state index contributed by atoms with van der Waals surface area (Å²) in [6.45, 7) is 1.61. The summed E-state index contributed by atoms with van der Waals surface area (Å²) in [5, 5.41) is 18.1. The molecule has 17 heavy (non-hydrogen) atoms. The number of rotatable bonds is 4. The molecule has 1 aromatic carbocycles. The van der Waals surface area contributed by atoms with Crippen LogP contribution in [0.3, 0.4) is 0 Å². The highest BCUT2D eigenvalue weighted by Crippen LogP contribution is 2.36. The van der Waals surface area contributed by atoms with Crippen LogP contribution in [-0.2, 0) is 4.79 Å². The molecule has 6 heteroatoms. The second-order valence-electron chi connectivity index (χ2n) is 3.68. The van der Waals surface area contributed by atoms with Crippen LogP contribution in [0.15, 0.2) is 6.07 Å². The maximum absolute atomic E-state index is 13.7. The summed E-state index contributed by atoms with van der Waals surface area (Å²) in [5.74, 6) is -2.71. The van der Waals surface area contributed by atoms with Crippen LogP contribution in [0.4, 0.5) is 4.39 Å². The number of phenolic OH excluding ortho intramolecular Hbond substituents is 1. The number of ether oxygens (including phenoxy) is 1. The van der Waals surface area contributed by atoms with Crippen LogP contribution in [-0.4, -0.2) is 23.3 Å². The van der Waals surface area contributed by atoms with E-state index in [9.17, 15) is 14.3 Å². The monoisotopic (exact) mass is 243 g/mol. The van der Waals surface area contributed by atoms with Gasteiger partial charge < -0.3 is 20.7 Å². The van der Waals surface area contributed by atoms with Gasteiger partial charge in [0, 0.05) is 11.6 Å². The zero-order valence-electron chi connectivity index (χ0n) is 9.53. The summed E-state index contributed by atoms with van der Waals surface area (Å²) in [5.41, 5.74) is 6.00. The third-order valence-electron chi connectivity index (χ3n) is 2.40. The summed E-state index contributed by atoms with van der Waals surface area (Å²) in [6, 6.07) is 0.365. The van der Waals surface area contributed by atoms with Gasteiger partial charge in [0.2, 0.25) is 0 Å². The van der Waals surface area contributed by atoms with Crippen molar-refractivity contribution in [2.24, 2.45) is 5.73 Å². The number of benzene rings is 1. The molecule has 0 aliphatic heterocycles. The number of halogens is 1. The van der Waals surface area contributed by atoms with Gasteiger partial charge in [-0.3, -0.25) is 4.79 Å². The van der Waals surface area contributed by atoms with E-state index in [2.05, 4.69) is 0 Å². The van der Waals surface area contributed by atoms with Gasteiger partial charge in [0.15, 0.2) is 17.3 Å². The molecule has 1 atom stereocenters. The number of nitrogens with two attached hydrogens (primary N) is 1. The number of carboxylic acids is 1. The molecule has 4 N–H and O–H groups in total. The molecule has 0 fully saturated rings. The van der Waals surface area contributed by atoms with Crippen LogP contribution >= 0.6 is 0 Å². The summed E-state index contributed by atoms with van der Waals surface area (Å²) in [6.07, 6.45) is -0.415. The number of aliphatic carboxylic acids is 1. The molecule has 0 radical (unpaired) electrons. The lowest BCUT2D eigenvalue weighted by molar-refractivity contribution is -0.137. The van der Waals surface area contributed by atoms with Crippen molar-refractivity contribution in [3.05, 3.63) is 23.0 Å². The molecule has 1 aromatic rings. The van der Waals surface area contributed by atoms with E-state index in [1.54, 1.807) is 6.92 Å². The van der Waals surface area contributed by atoms with E-state index >= 15 is 0 Å². The molecule has 0 aromatic heterocycles. The Morgan fingerprint density at radius 2 is 2.24 bits per heavy atom. The number of aromatic hydroxyl groups is 1. The van der Waals surface area contributed by atoms with E-state index in [-0.39, 0.29) is 11.3 Å². The molecule has 94 valence electrons. The second-order valence-corrected chi connectivity index (χ2v) is 3.68. The molecule has 0 saturated carbocycles. The Morgan fingerprint density at radius 1 is 1.65 bits per heavy atom. The first-order chi connectivity index (χ1) is 7.88. The Bertz CT molecular complexity index is 448.